The highest BCUT2D eigenvalue weighted by Crippen LogP contribution is 2.21. The lowest BCUT2D eigenvalue weighted by molar-refractivity contribution is 0.0665. The number of methoxy groups -OCH3 is 1. The Labute approximate surface area is 121 Å². The number of rotatable bonds is 3. The van der Waals surface area contributed by atoms with E-state index in [1.165, 1.54) is 13.4 Å². The molecule has 1 fully saturated rings. The van der Waals surface area contributed by atoms with Crippen molar-refractivity contribution in [3.05, 3.63) is 30.5 Å². The zero-order chi connectivity index (χ0) is 14.7. The predicted octanol–water partition coefficient (Wildman–Crippen LogP) is 0.554. The van der Waals surface area contributed by atoms with E-state index in [9.17, 15) is 4.79 Å². The lowest BCUT2D eigenvalue weighted by atomic mass is 10.1. The number of hydrogen-bond acceptors (Lipinski definition) is 6. The number of carbonyl (C=O) groups is 1. The number of carbonyl (C=O) groups excluding carboxylic acids is 1. The van der Waals surface area contributed by atoms with Crippen LogP contribution in [0.2, 0.25) is 0 Å². The van der Waals surface area contributed by atoms with Crippen molar-refractivity contribution in [2.45, 2.75) is 18.9 Å². The third-order valence-corrected chi connectivity index (χ3v) is 3.56. The fraction of sp³-hybridized carbons (Fsp3) is 0.462. The molecule has 0 unspecified atom stereocenters. The van der Waals surface area contributed by atoms with Gasteiger partial charge in [0.25, 0.3) is 5.91 Å². The second-order valence-corrected chi connectivity index (χ2v) is 4.88. The van der Waals surface area contributed by atoms with E-state index in [-0.39, 0.29) is 11.9 Å². The molecule has 8 nitrogen and oxygen atoms in total. The topological polar surface area (TPSA) is 86.0 Å². The van der Waals surface area contributed by atoms with Crippen LogP contribution in [0.15, 0.2) is 24.8 Å². The van der Waals surface area contributed by atoms with Crippen LogP contribution in [0.1, 0.15) is 29.4 Å². The van der Waals surface area contributed by atoms with E-state index in [2.05, 4.69) is 20.3 Å². The molecule has 1 saturated heterocycles. The molecule has 0 aliphatic carbocycles. The minimum absolute atomic E-state index is 0.116. The largest absolute Gasteiger partial charge is 0.480 e. The molecule has 2 aromatic heterocycles. The van der Waals surface area contributed by atoms with Crippen LogP contribution in [-0.2, 0) is 0 Å². The second-order valence-electron chi connectivity index (χ2n) is 4.88. The fourth-order valence-electron chi connectivity index (χ4n) is 2.47. The zero-order valence-electron chi connectivity index (χ0n) is 11.7. The van der Waals surface area contributed by atoms with E-state index in [1.807, 2.05) is 0 Å². The SMILES string of the molecule is COc1ccc(C(=O)N2CCC[C@H](n3cncn3)C2)nn1. The molecule has 1 atom stereocenters. The van der Waals surface area contributed by atoms with Gasteiger partial charge in [-0.3, -0.25) is 4.79 Å². The van der Waals surface area contributed by atoms with Crippen LogP contribution < -0.4 is 4.74 Å². The van der Waals surface area contributed by atoms with Crippen molar-refractivity contribution in [3.8, 4) is 5.88 Å². The summed E-state index contributed by atoms with van der Waals surface area (Å²) in [5.41, 5.74) is 0.329. The minimum Gasteiger partial charge on any atom is -0.480 e. The first-order chi connectivity index (χ1) is 10.3. The number of piperidine rings is 1. The normalized spacial score (nSPS) is 18.5. The molecule has 0 N–H and O–H groups in total. The maximum absolute atomic E-state index is 12.5. The van der Waals surface area contributed by atoms with Gasteiger partial charge >= 0.3 is 0 Å². The molecular weight excluding hydrogens is 272 g/mol. The molecule has 0 bridgehead atoms. The van der Waals surface area contributed by atoms with E-state index in [0.717, 1.165) is 19.4 Å². The van der Waals surface area contributed by atoms with Gasteiger partial charge in [0.2, 0.25) is 5.88 Å². The van der Waals surface area contributed by atoms with Crippen LogP contribution in [0.3, 0.4) is 0 Å². The van der Waals surface area contributed by atoms with Gasteiger partial charge in [0.15, 0.2) is 5.69 Å². The Kier molecular flexibility index (Phi) is 3.76. The van der Waals surface area contributed by atoms with Crippen LogP contribution >= 0.6 is 0 Å². The molecule has 8 heteroatoms. The Morgan fingerprint density at radius 2 is 2.29 bits per heavy atom. The van der Waals surface area contributed by atoms with Gasteiger partial charge in [0.05, 0.1) is 13.2 Å². The quantitative estimate of drug-likeness (QED) is 0.820. The van der Waals surface area contributed by atoms with Gasteiger partial charge in [-0.1, -0.05) is 0 Å². The highest BCUT2D eigenvalue weighted by molar-refractivity contribution is 5.92. The molecule has 110 valence electrons. The lowest BCUT2D eigenvalue weighted by Gasteiger charge is -2.32. The summed E-state index contributed by atoms with van der Waals surface area (Å²) < 4.78 is 6.75. The van der Waals surface area contributed by atoms with E-state index >= 15 is 0 Å². The minimum atomic E-state index is -0.116. The molecule has 1 aliphatic rings. The Balaban J connectivity index is 1.71. The molecule has 0 spiro atoms. The summed E-state index contributed by atoms with van der Waals surface area (Å²) in [6.45, 7) is 1.33. The summed E-state index contributed by atoms with van der Waals surface area (Å²) in [7, 11) is 1.51. The summed E-state index contributed by atoms with van der Waals surface area (Å²) in [6.07, 6.45) is 5.11. The fourth-order valence-corrected chi connectivity index (χ4v) is 2.47. The number of ether oxygens (including phenoxy) is 1. The Hall–Kier alpha value is -2.51. The van der Waals surface area contributed by atoms with Crippen LogP contribution in [-0.4, -0.2) is 56.0 Å². The average molecular weight is 288 g/mol. The monoisotopic (exact) mass is 288 g/mol. The van der Waals surface area contributed by atoms with Gasteiger partial charge in [0.1, 0.15) is 12.7 Å². The molecule has 3 rings (SSSR count). The van der Waals surface area contributed by atoms with Crippen molar-refractivity contribution in [1.29, 1.82) is 0 Å². The van der Waals surface area contributed by atoms with Crippen LogP contribution in [0.4, 0.5) is 0 Å². The Morgan fingerprint density at radius 1 is 1.38 bits per heavy atom. The van der Waals surface area contributed by atoms with Gasteiger partial charge in [-0.05, 0) is 18.9 Å². The van der Waals surface area contributed by atoms with Crippen LogP contribution in [0.5, 0.6) is 5.88 Å². The molecule has 0 saturated carbocycles. The van der Waals surface area contributed by atoms with E-state index < -0.39 is 0 Å². The van der Waals surface area contributed by atoms with Crippen molar-refractivity contribution in [1.82, 2.24) is 29.9 Å². The molecule has 2 aromatic rings. The highest BCUT2D eigenvalue weighted by atomic mass is 16.5. The maximum Gasteiger partial charge on any atom is 0.274 e. The number of aromatic nitrogens is 5. The molecule has 0 radical (unpaired) electrons. The number of nitrogens with zero attached hydrogens (tertiary/aromatic N) is 6. The predicted molar refractivity (Wildman–Crippen MR) is 72.8 cm³/mol. The standard InChI is InChI=1S/C13H16N6O2/c1-21-12-5-4-11(16-17-12)13(20)18-6-2-3-10(7-18)19-9-14-8-15-19/h4-5,8-10H,2-3,6-7H2,1H3/t10-/m0/s1. The van der Waals surface area contributed by atoms with Crippen molar-refractivity contribution in [3.63, 3.8) is 0 Å². The molecule has 1 amide bonds. The molecule has 0 aromatic carbocycles. The van der Waals surface area contributed by atoms with E-state index in [4.69, 9.17) is 4.74 Å². The third-order valence-electron chi connectivity index (χ3n) is 3.56. The molecule has 3 heterocycles. The summed E-state index contributed by atoms with van der Waals surface area (Å²) in [4.78, 5) is 18.2. The zero-order valence-corrected chi connectivity index (χ0v) is 11.7. The van der Waals surface area contributed by atoms with Gasteiger partial charge in [-0.2, -0.15) is 5.10 Å². The van der Waals surface area contributed by atoms with Crippen molar-refractivity contribution in [2.75, 3.05) is 20.2 Å². The summed E-state index contributed by atoms with van der Waals surface area (Å²) in [6, 6.07) is 3.43. The van der Waals surface area contributed by atoms with E-state index in [0.29, 0.717) is 18.1 Å². The lowest BCUT2D eigenvalue weighted by Crippen LogP contribution is -2.41. The van der Waals surface area contributed by atoms with Gasteiger partial charge in [-0.15, -0.1) is 10.2 Å². The Morgan fingerprint density at radius 3 is 2.95 bits per heavy atom. The summed E-state index contributed by atoms with van der Waals surface area (Å²) >= 11 is 0. The maximum atomic E-state index is 12.5. The number of amides is 1. The summed E-state index contributed by atoms with van der Waals surface area (Å²) in [5.74, 6) is 0.278. The summed E-state index contributed by atoms with van der Waals surface area (Å²) in [5, 5.41) is 11.9. The van der Waals surface area contributed by atoms with Crippen molar-refractivity contribution >= 4 is 5.91 Å². The molecule has 1 aliphatic heterocycles. The molecule has 21 heavy (non-hydrogen) atoms. The van der Waals surface area contributed by atoms with Gasteiger partial charge in [0, 0.05) is 19.2 Å². The Bertz CT molecular complexity index is 598. The second kappa shape index (κ2) is 5.86. The van der Waals surface area contributed by atoms with Crippen LogP contribution in [0, 0.1) is 0 Å². The van der Waals surface area contributed by atoms with Gasteiger partial charge < -0.3 is 9.64 Å². The first kappa shape index (κ1) is 13.5. The number of likely N-dealkylation sites (tertiary alicyclic amines) is 1. The molecular formula is C13H16N6O2. The third kappa shape index (κ3) is 2.83. The van der Waals surface area contributed by atoms with Gasteiger partial charge in [-0.25, -0.2) is 9.67 Å². The smallest absolute Gasteiger partial charge is 0.274 e. The first-order valence-corrected chi connectivity index (χ1v) is 6.79. The number of hydrogen-bond donors (Lipinski definition) is 0. The van der Waals surface area contributed by atoms with Crippen molar-refractivity contribution in [2.24, 2.45) is 0 Å². The highest BCUT2D eigenvalue weighted by Gasteiger charge is 2.26. The average Bonchev–Trinajstić information content (AvgIpc) is 3.09. The van der Waals surface area contributed by atoms with Crippen molar-refractivity contribution < 1.29 is 9.53 Å². The van der Waals surface area contributed by atoms with E-state index in [1.54, 1.807) is 28.0 Å². The van der Waals surface area contributed by atoms with Crippen LogP contribution in [0.25, 0.3) is 0 Å². The first-order valence-electron chi connectivity index (χ1n) is 6.79.